The molecule has 0 aromatic heterocycles. The molecule has 0 nitrogen and oxygen atoms in total. The van der Waals surface area contributed by atoms with Gasteiger partial charge in [-0.1, -0.05) is 0 Å². The standard InChI is InChI=1S/Al.Au.Fe.H3Si/h;;;1H3. The van der Waals surface area contributed by atoms with Crippen LogP contribution in [-0.4, -0.2) is 17.5 Å². The Labute approximate surface area is 50.0 Å². The Hall–Kier alpha value is 2.01. The van der Waals surface area contributed by atoms with Crippen molar-refractivity contribution in [3.63, 3.8) is 0 Å². The van der Waals surface area contributed by atoms with Crippen LogP contribution in [0.2, 0.25) is 0 Å². The van der Waals surface area contributed by atoms with E-state index < -0.39 is 0 Å². The second-order valence-electron chi connectivity index (χ2n) is 0.440. The molecule has 0 aliphatic heterocycles. The van der Waals surface area contributed by atoms with Gasteiger partial charge in [0.15, 0.2) is 0 Å². The minimum absolute atomic E-state index is 0.306. The molecule has 0 N–H and O–H groups in total. The molecular weight excluding hydrogens is 308 g/mol. The van der Waals surface area contributed by atoms with Crippen LogP contribution >= 0.6 is 0 Å². The van der Waals surface area contributed by atoms with E-state index in [2.05, 4.69) is 33.0 Å². The predicted octanol–water partition coefficient (Wildman–Crippen LogP) is -1.57. The van der Waals surface area contributed by atoms with E-state index in [0.29, 0.717) is 0 Å². The van der Waals surface area contributed by atoms with Gasteiger partial charge in [-0.25, -0.2) is 0 Å². The molecule has 0 rings (SSSR count). The fraction of sp³-hybridized carbons (Fsp3) is 0. The minimum atomic E-state index is -0.306. The first kappa shape index (κ1) is 6.01. The van der Waals surface area contributed by atoms with Crippen molar-refractivity contribution in [2.24, 2.45) is 0 Å². The second kappa shape index (κ2) is 3.21. The number of hydrogen-bond acceptors (Lipinski definition) is 0. The fourth-order valence-electron chi connectivity index (χ4n) is 0. The van der Waals surface area contributed by atoms with Crippen LogP contribution in [0.3, 0.4) is 0 Å². The zero-order valence-electron chi connectivity index (χ0n) is 2.23. The molecule has 0 atom stereocenters. The van der Waals surface area contributed by atoms with Gasteiger partial charge < -0.3 is 0 Å². The topological polar surface area (TPSA) is 0 Å². The van der Waals surface area contributed by atoms with Crippen LogP contribution < -0.4 is 0 Å². The summed E-state index contributed by atoms with van der Waals surface area (Å²) in [6, 6.07) is 0. The Kier molecular flexibility index (Phi) is 4.82. The normalized spacial score (nSPS) is 7.75. The third-order valence-corrected chi connectivity index (χ3v) is 0. The maximum absolute atomic E-state index is 3.81. The van der Waals surface area contributed by atoms with Gasteiger partial charge in [-0.05, 0) is 0 Å². The molecule has 0 aromatic rings. The summed E-state index contributed by atoms with van der Waals surface area (Å²) in [7, 11) is 1.05. The van der Waals surface area contributed by atoms with Crippen LogP contribution in [0.1, 0.15) is 0 Å². The zero-order valence-corrected chi connectivity index (χ0v) is 8.66. The molecule has 0 aromatic carbocycles. The first-order chi connectivity index (χ1) is 1.73. The summed E-state index contributed by atoms with van der Waals surface area (Å²) in [6.45, 7) is 0. The zero-order chi connectivity index (χ0) is 3.58. The predicted molar refractivity (Wildman–Crippen MR) is 15.7 cm³/mol. The van der Waals surface area contributed by atoms with E-state index in [1.54, 1.807) is 0 Å². The van der Waals surface area contributed by atoms with E-state index in [-0.39, 0.29) is 8.71 Å². The van der Waals surface area contributed by atoms with Crippen molar-refractivity contribution < 1.29 is 33.0 Å². The summed E-state index contributed by atoms with van der Waals surface area (Å²) in [4.78, 5) is 0. The Morgan fingerprint density at radius 1 is 2.00 bits per heavy atom. The van der Waals surface area contributed by atoms with E-state index in [1.165, 1.54) is 8.80 Å². The number of rotatable bonds is 0. The molecule has 0 bridgehead atoms. The van der Waals surface area contributed by atoms with Crippen LogP contribution in [0.25, 0.3) is 0 Å². The van der Waals surface area contributed by atoms with Gasteiger partial charge in [0, 0.05) is 0 Å². The van der Waals surface area contributed by atoms with Gasteiger partial charge in [0.05, 0.1) is 0 Å². The van der Waals surface area contributed by atoms with Gasteiger partial charge in [-0.15, -0.1) is 0 Å². The average Bonchev–Trinajstić information content (AvgIpc) is 0.811. The Morgan fingerprint density at radius 3 is 2.00 bits per heavy atom. The monoisotopic (exact) mass is 311 g/mol. The molecule has 0 aliphatic rings. The summed E-state index contributed by atoms with van der Waals surface area (Å²) < 4.78 is 0. The summed E-state index contributed by atoms with van der Waals surface area (Å²) >= 11 is 6.40. The van der Waals surface area contributed by atoms with Gasteiger partial charge in [0.25, 0.3) is 0 Å². The Morgan fingerprint density at radius 2 is 2.00 bits per heavy atom. The molecule has 0 aliphatic carbocycles. The van der Waals surface area contributed by atoms with E-state index in [1.807, 2.05) is 0 Å². The molecule has 0 saturated carbocycles. The molecule has 0 saturated heterocycles. The molecule has 4 heteroatoms. The SMILES string of the molecule is [SiH3][Al]([Fe])[Au]. The summed E-state index contributed by atoms with van der Waals surface area (Å²) in [5.41, 5.74) is 0. The summed E-state index contributed by atoms with van der Waals surface area (Å²) in [5.74, 6) is 0. The van der Waals surface area contributed by atoms with Gasteiger partial charge in [0.1, 0.15) is 0 Å². The van der Waals surface area contributed by atoms with Crippen LogP contribution in [0.15, 0.2) is 0 Å². The van der Waals surface area contributed by atoms with Crippen molar-refractivity contribution in [1.82, 2.24) is 0 Å². The fourth-order valence-corrected chi connectivity index (χ4v) is 0. The van der Waals surface area contributed by atoms with Crippen molar-refractivity contribution in [1.29, 1.82) is 0 Å². The molecular formula is H3AlAuFeSi. The molecule has 0 fully saturated rings. The number of hydrogen-bond donors (Lipinski definition) is 0. The first-order valence-electron chi connectivity index (χ1n) is 0.956. The summed E-state index contributed by atoms with van der Waals surface area (Å²) in [6.07, 6.45) is 0. The molecule has 0 radical (unpaired) electrons. The molecule has 29 valence electrons. The van der Waals surface area contributed by atoms with Crippen molar-refractivity contribution in [2.75, 3.05) is 0 Å². The van der Waals surface area contributed by atoms with E-state index >= 15 is 0 Å². The van der Waals surface area contributed by atoms with Gasteiger partial charge in [0.2, 0.25) is 0 Å². The van der Waals surface area contributed by atoms with Crippen molar-refractivity contribution in [2.45, 2.75) is 0 Å². The van der Waals surface area contributed by atoms with Crippen LogP contribution in [-0.2, 0) is 33.0 Å². The quantitative estimate of drug-likeness (QED) is 0.474. The Balaban J connectivity index is 2.32. The van der Waals surface area contributed by atoms with Gasteiger partial charge >= 0.3 is 50.5 Å². The van der Waals surface area contributed by atoms with Crippen molar-refractivity contribution in [3.05, 3.63) is 0 Å². The molecule has 4 heavy (non-hydrogen) atoms. The molecule has 0 amide bonds. The van der Waals surface area contributed by atoms with E-state index in [9.17, 15) is 0 Å². The van der Waals surface area contributed by atoms with E-state index in [4.69, 9.17) is 0 Å². The third kappa shape index (κ3) is 8.99. The Bertz CT molecular complexity index is 12.8. The van der Waals surface area contributed by atoms with Gasteiger partial charge in [-0.3, -0.25) is 0 Å². The second-order valence-corrected chi connectivity index (χ2v) is 26.6. The van der Waals surface area contributed by atoms with Crippen molar-refractivity contribution >= 4 is 17.5 Å². The van der Waals surface area contributed by atoms with Crippen LogP contribution in [0.5, 0.6) is 0 Å². The first-order valence-corrected chi connectivity index (χ1v) is 12.0. The van der Waals surface area contributed by atoms with Crippen LogP contribution in [0, 0.1) is 0 Å². The van der Waals surface area contributed by atoms with Crippen molar-refractivity contribution in [3.8, 4) is 0 Å². The summed E-state index contributed by atoms with van der Waals surface area (Å²) in [5, 5.41) is 0. The van der Waals surface area contributed by atoms with E-state index in [0.717, 1.165) is 0 Å². The van der Waals surface area contributed by atoms with Gasteiger partial charge in [-0.2, -0.15) is 0 Å². The molecule has 0 spiro atoms. The maximum atomic E-state index is 3.81. The molecule has 0 heterocycles. The van der Waals surface area contributed by atoms with Crippen LogP contribution in [0.4, 0.5) is 0 Å². The third-order valence-electron chi connectivity index (χ3n) is 0. The molecule has 0 unspecified atom stereocenters. The average molecular weight is 311 g/mol.